The summed E-state index contributed by atoms with van der Waals surface area (Å²) in [5.41, 5.74) is 0. The van der Waals surface area contributed by atoms with Crippen molar-refractivity contribution in [3.05, 3.63) is 6.92 Å². The molecule has 0 fully saturated rings. The third-order valence-corrected chi connectivity index (χ3v) is 4.32. The van der Waals surface area contributed by atoms with Gasteiger partial charge in [0, 0.05) is 6.61 Å². The molecule has 0 saturated carbocycles. The Hall–Kier alpha value is 0.774. The molecule has 0 rings (SSSR count). The molecular weight excluding hydrogens is 159 g/mol. The first-order chi connectivity index (χ1) is 4.98. The van der Waals surface area contributed by atoms with Crippen LogP contribution in [0.4, 0.5) is 0 Å². The third kappa shape index (κ3) is 8.87. The van der Waals surface area contributed by atoms with Gasteiger partial charge in [-0.05, 0) is 25.1 Å². The molecule has 0 aliphatic heterocycles. The summed E-state index contributed by atoms with van der Waals surface area (Å²) in [4.78, 5) is 0. The zero-order valence-corrected chi connectivity index (χ0v) is 10.3. The Morgan fingerprint density at radius 2 is 1.83 bits per heavy atom. The van der Waals surface area contributed by atoms with Crippen molar-refractivity contribution in [1.82, 2.24) is 0 Å². The van der Waals surface area contributed by atoms with E-state index in [0.717, 1.165) is 18.9 Å². The van der Waals surface area contributed by atoms with Crippen LogP contribution >= 0.6 is 0 Å². The van der Waals surface area contributed by atoms with E-state index in [2.05, 4.69) is 33.9 Å². The fourth-order valence-electron chi connectivity index (χ4n) is 1.39. The first kappa shape index (κ1) is 15.3. The summed E-state index contributed by atoms with van der Waals surface area (Å²) in [7, 11) is -1.33. The normalized spacial score (nSPS) is 11.5. The minimum atomic E-state index is -1.33. The van der Waals surface area contributed by atoms with E-state index in [-0.39, 0.29) is 18.9 Å². The number of hydrogen-bond acceptors (Lipinski definition) is 1. The first-order valence-electron chi connectivity index (χ1n) is 4.41. The summed E-state index contributed by atoms with van der Waals surface area (Å²) in [6.07, 6.45) is 0.897. The van der Waals surface area contributed by atoms with Gasteiger partial charge in [-0.3, -0.25) is 0 Å². The standard InChI is InChI=1S/C9H21OSi.Li/c1-6-7-10-11(4,5)8-9(2)3;/h9H,1,6-8H2,2-5H3;/q-1;+1. The molecule has 0 bridgehead atoms. The van der Waals surface area contributed by atoms with Crippen molar-refractivity contribution < 1.29 is 23.3 Å². The average Bonchev–Trinajstić information content (AvgIpc) is 1.81. The maximum Gasteiger partial charge on any atom is 1.00 e. The van der Waals surface area contributed by atoms with Crippen LogP contribution in [0.5, 0.6) is 0 Å². The van der Waals surface area contributed by atoms with Crippen LogP contribution in [0.1, 0.15) is 20.3 Å². The second-order valence-electron chi connectivity index (χ2n) is 4.06. The maximum absolute atomic E-state index is 5.77. The summed E-state index contributed by atoms with van der Waals surface area (Å²) in [5, 5.41) is 0. The van der Waals surface area contributed by atoms with Gasteiger partial charge in [0.15, 0.2) is 8.32 Å². The molecule has 0 aliphatic rings. The Balaban J connectivity index is 0. The molecule has 3 heteroatoms. The van der Waals surface area contributed by atoms with E-state index in [1.165, 1.54) is 6.04 Å². The van der Waals surface area contributed by atoms with Gasteiger partial charge < -0.3 is 11.3 Å². The Kier molecular flexibility index (Phi) is 9.16. The van der Waals surface area contributed by atoms with Crippen molar-refractivity contribution in [3.8, 4) is 0 Å². The summed E-state index contributed by atoms with van der Waals surface area (Å²) in [5.74, 6) is 0.765. The van der Waals surface area contributed by atoms with E-state index >= 15 is 0 Å². The van der Waals surface area contributed by atoms with Gasteiger partial charge in [-0.2, -0.15) is 6.42 Å². The van der Waals surface area contributed by atoms with Crippen LogP contribution in [0.25, 0.3) is 0 Å². The molecule has 0 unspecified atom stereocenters. The molecule has 0 radical (unpaired) electrons. The molecule has 0 aromatic rings. The van der Waals surface area contributed by atoms with Crippen LogP contribution in [-0.4, -0.2) is 14.9 Å². The fraction of sp³-hybridized carbons (Fsp3) is 0.889. The van der Waals surface area contributed by atoms with E-state index < -0.39 is 8.32 Å². The molecule has 0 saturated heterocycles. The molecule has 0 atom stereocenters. The first-order valence-corrected chi connectivity index (χ1v) is 7.52. The van der Waals surface area contributed by atoms with Crippen molar-refractivity contribution >= 4 is 8.32 Å². The quantitative estimate of drug-likeness (QED) is 0.430. The minimum absolute atomic E-state index is 0. The zero-order chi connectivity index (χ0) is 8.91. The monoisotopic (exact) mass is 180 g/mol. The van der Waals surface area contributed by atoms with Crippen molar-refractivity contribution in [2.45, 2.75) is 39.4 Å². The molecule has 0 spiro atoms. The minimum Gasteiger partial charge on any atom is -0.420 e. The molecule has 1 nitrogen and oxygen atoms in total. The van der Waals surface area contributed by atoms with Crippen LogP contribution in [0.3, 0.4) is 0 Å². The Bertz CT molecular complexity index is 105. The molecule has 12 heavy (non-hydrogen) atoms. The van der Waals surface area contributed by atoms with Gasteiger partial charge in [-0.1, -0.05) is 13.8 Å². The predicted molar refractivity (Wildman–Crippen MR) is 53.1 cm³/mol. The summed E-state index contributed by atoms with van der Waals surface area (Å²) in [6, 6.07) is 1.26. The smallest absolute Gasteiger partial charge is 0.420 e. The van der Waals surface area contributed by atoms with E-state index in [0.29, 0.717) is 0 Å². The molecular formula is C9H21LiOSi. The van der Waals surface area contributed by atoms with Gasteiger partial charge in [0.1, 0.15) is 0 Å². The van der Waals surface area contributed by atoms with Gasteiger partial charge in [-0.25, -0.2) is 0 Å². The largest absolute Gasteiger partial charge is 1.00 e. The molecule has 0 aromatic heterocycles. The van der Waals surface area contributed by atoms with E-state index in [9.17, 15) is 0 Å². The Morgan fingerprint density at radius 1 is 1.33 bits per heavy atom. The molecule has 0 N–H and O–H groups in total. The van der Waals surface area contributed by atoms with Crippen LogP contribution in [0.15, 0.2) is 0 Å². The van der Waals surface area contributed by atoms with Gasteiger partial charge in [-0.15, -0.1) is 0 Å². The Morgan fingerprint density at radius 3 is 2.17 bits per heavy atom. The fourth-order valence-corrected chi connectivity index (χ4v) is 4.17. The van der Waals surface area contributed by atoms with Crippen LogP contribution in [0.2, 0.25) is 19.1 Å². The van der Waals surface area contributed by atoms with E-state index in [4.69, 9.17) is 4.43 Å². The average molecular weight is 180 g/mol. The second-order valence-corrected chi connectivity index (χ2v) is 8.28. The summed E-state index contributed by atoms with van der Waals surface area (Å²) >= 11 is 0. The van der Waals surface area contributed by atoms with Crippen LogP contribution < -0.4 is 18.9 Å². The topological polar surface area (TPSA) is 9.23 Å². The molecule has 0 aliphatic carbocycles. The van der Waals surface area contributed by atoms with Gasteiger partial charge in [0.2, 0.25) is 0 Å². The third-order valence-electron chi connectivity index (χ3n) is 1.54. The SMILES string of the molecule is [CH2-]CCO[Si](C)(C)CC(C)C.[Li+]. The van der Waals surface area contributed by atoms with Crippen LogP contribution in [-0.2, 0) is 4.43 Å². The number of hydrogen-bond donors (Lipinski definition) is 0. The van der Waals surface area contributed by atoms with Crippen molar-refractivity contribution in [2.75, 3.05) is 6.61 Å². The van der Waals surface area contributed by atoms with Crippen molar-refractivity contribution in [2.24, 2.45) is 5.92 Å². The maximum atomic E-state index is 5.77. The van der Waals surface area contributed by atoms with E-state index in [1.807, 2.05) is 0 Å². The molecule has 0 amide bonds. The molecule has 0 heterocycles. The van der Waals surface area contributed by atoms with Gasteiger partial charge >= 0.3 is 18.9 Å². The number of rotatable bonds is 5. The van der Waals surface area contributed by atoms with Gasteiger partial charge in [0.25, 0.3) is 0 Å². The van der Waals surface area contributed by atoms with Crippen molar-refractivity contribution in [3.63, 3.8) is 0 Å². The van der Waals surface area contributed by atoms with Gasteiger partial charge in [0.05, 0.1) is 0 Å². The van der Waals surface area contributed by atoms with Crippen LogP contribution in [0, 0.1) is 12.8 Å². The van der Waals surface area contributed by atoms with E-state index in [1.54, 1.807) is 0 Å². The Labute approximate surface area is 90.6 Å². The predicted octanol–water partition coefficient (Wildman–Crippen LogP) is 0.0923. The summed E-state index contributed by atoms with van der Waals surface area (Å²) in [6.45, 7) is 13.7. The molecule has 0 aromatic carbocycles. The summed E-state index contributed by atoms with van der Waals surface area (Å²) < 4.78 is 5.77. The zero-order valence-electron chi connectivity index (χ0n) is 9.31. The molecule has 68 valence electrons. The second kappa shape index (κ2) is 7.20. The van der Waals surface area contributed by atoms with Crippen molar-refractivity contribution in [1.29, 1.82) is 0 Å².